The van der Waals surface area contributed by atoms with E-state index in [9.17, 15) is 32.9 Å². The molecule has 8 nitrogen and oxygen atoms in total. The van der Waals surface area contributed by atoms with E-state index in [1.54, 1.807) is 0 Å². The lowest BCUT2D eigenvalue weighted by atomic mass is 10.1. The van der Waals surface area contributed by atoms with Crippen molar-refractivity contribution in [2.45, 2.75) is 25.6 Å². The monoisotopic (exact) mass is 386 g/mol. The van der Waals surface area contributed by atoms with Crippen molar-refractivity contribution in [2.24, 2.45) is 0 Å². The molecule has 0 aliphatic heterocycles. The zero-order valence-corrected chi connectivity index (χ0v) is 14.1. The molecule has 0 N–H and O–H groups in total. The summed E-state index contributed by atoms with van der Waals surface area (Å²) in [4.78, 5) is 34.8. The summed E-state index contributed by atoms with van der Waals surface area (Å²) in [7, 11) is 0.969. The number of carbonyl (C=O) groups excluding carboxylic acids is 1. The van der Waals surface area contributed by atoms with E-state index in [0.29, 0.717) is 0 Å². The number of hydrogen-bond donors (Lipinski definition) is 0. The van der Waals surface area contributed by atoms with Crippen LogP contribution in [0.15, 0.2) is 11.0 Å². The van der Waals surface area contributed by atoms with E-state index in [2.05, 4.69) is 0 Å². The summed E-state index contributed by atoms with van der Waals surface area (Å²) in [5, 5.41) is 10.4. The van der Waals surface area contributed by atoms with Gasteiger partial charge in [0.2, 0.25) is 17.1 Å². The number of nitro groups is 1. The maximum absolute atomic E-state index is 14.3. The maximum atomic E-state index is 14.3. The Labute approximate surface area is 149 Å². The zero-order chi connectivity index (χ0) is 20.0. The summed E-state index contributed by atoms with van der Waals surface area (Å²) in [6, 6.07) is -0.917. The second kappa shape index (κ2) is 6.56. The fraction of sp³-hybridized carbons (Fsp3) is 0.375. The van der Waals surface area contributed by atoms with Crippen LogP contribution in [0, 0.1) is 21.7 Å². The number of alkyl halides is 1. The summed E-state index contributed by atoms with van der Waals surface area (Å²) >= 11 is 0. The predicted molar refractivity (Wildman–Crippen MR) is 85.8 cm³/mol. The minimum Gasteiger partial charge on any atom is -0.491 e. The Morgan fingerprint density at radius 2 is 2.04 bits per heavy atom. The lowest BCUT2D eigenvalue weighted by Gasteiger charge is -2.16. The fourth-order valence-corrected chi connectivity index (χ4v) is 2.91. The highest BCUT2D eigenvalue weighted by Gasteiger charge is 2.43. The van der Waals surface area contributed by atoms with Gasteiger partial charge in [0.15, 0.2) is 5.75 Å². The largest absolute Gasteiger partial charge is 0.491 e. The van der Waals surface area contributed by atoms with Gasteiger partial charge in [-0.2, -0.15) is 8.78 Å². The number of ether oxygens (including phenoxy) is 2. The molecule has 0 radical (unpaired) electrons. The van der Waals surface area contributed by atoms with Gasteiger partial charge in [-0.3, -0.25) is 14.9 Å². The van der Waals surface area contributed by atoms with Crippen LogP contribution in [-0.4, -0.2) is 35.3 Å². The van der Waals surface area contributed by atoms with Gasteiger partial charge in [-0.15, -0.1) is 0 Å². The van der Waals surface area contributed by atoms with Gasteiger partial charge >= 0.3 is 11.7 Å². The number of rotatable bonds is 5. The van der Waals surface area contributed by atoms with Gasteiger partial charge in [0.1, 0.15) is 22.6 Å². The Bertz CT molecular complexity index is 1040. The Hall–Kier alpha value is -3.11. The molecular formula is C16H13F3N2O6. The molecule has 1 aliphatic carbocycles. The van der Waals surface area contributed by atoms with Crippen LogP contribution >= 0.6 is 0 Å². The zero-order valence-electron chi connectivity index (χ0n) is 14.1. The van der Waals surface area contributed by atoms with Gasteiger partial charge in [-0.25, -0.2) is 9.18 Å². The number of nitro benzene ring substituents is 1. The van der Waals surface area contributed by atoms with Crippen LogP contribution < -0.4 is 10.2 Å². The van der Waals surface area contributed by atoms with E-state index in [-0.39, 0.29) is 13.0 Å². The van der Waals surface area contributed by atoms with Crippen LogP contribution in [0.2, 0.25) is 0 Å². The number of esters is 1. The molecule has 0 unspecified atom stereocenters. The first-order valence-electron chi connectivity index (χ1n) is 7.83. The van der Waals surface area contributed by atoms with Gasteiger partial charge in [-0.1, -0.05) is 0 Å². The van der Waals surface area contributed by atoms with Crippen LogP contribution in [0.4, 0.5) is 18.9 Å². The molecule has 11 heteroatoms. The van der Waals surface area contributed by atoms with Crippen molar-refractivity contribution in [1.82, 2.24) is 4.57 Å². The second-order valence-corrected chi connectivity index (χ2v) is 5.81. The third-order valence-corrected chi connectivity index (χ3v) is 4.21. The molecule has 0 saturated heterocycles. The molecule has 144 valence electrons. The van der Waals surface area contributed by atoms with Gasteiger partial charge < -0.3 is 14.0 Å². The minimum atomic E-state index is -1.92. The Kier molecular flexibility index (Phi) is 4.54. The van der Waals surface area contributed by atoms with Gasteiger partial charge in [0.25, 0.3) is 0 Å². The molecule has 2 aromatic rings. The molecule has 0 spiro atoms. The molecule has 3 rings (SSSR count). The van der Waals surface area contributed by atoms with Crippen molar-refractivity contribution in [1.29, 1.82) is 0 Å². The summed E-state index contributed by atoms with van der Waals surface area (Å²) in [5.74, 6) is -5.52. The van der Waals surface area contributed by atoms with Gasteiger partial charge in [0.05, 0.1) is 24.7 Å². The van der Waals surface area contributed by atoms with Crippen molar-refractivity contribution in [3.8, 4) is 5.75 Å². The average Bonchev–Trinajstić information content (AvgIpc) is 3.33. The highest BCUT2D eigenvalue weighted by molar-refractivity contribution is 5.99. The number of benzene rings is 1. The first kappa shape index (κ1) is 18.7. The van der Waals surface area contributed by atoms with E-state index in [1.807, 2.05) is 0 Å². The van der Waals surface area contributed by atoms with Crippen LogP contribution in [0.1, 0.15) is 29.7 Å². The third kappa shape index (κ3) is 2.78. The number of nitrogens with zero attached hydrogens (tertiary/aromatic N) is 2. The molecule has 1 aromatic carbocycles. The maximum Gasteiger partial charge on any atom is 0.343 e. The van der Waals surface area contributed by atoms with Crippen LogP contribution in [0.5, 0.6) is 5.75 Å². The number of pyridine rings is 1. The Morgan fingerprint density at radius 1 is 1.41 bits per heavy atom. The summed E-state index contributed by atoms with van der Waals surface area (Å²) in [6.07, 6.45) is -0.491. The topological polar surface area (TPSA) is 101 Å². The number of carbonyl (C=O) groups is 1. The highest BCUT2D eigenvalue weighted by atomic mass is 19.2. The molecule has 1 aliphatic rings. The van der Waals surface area contributed by atoms with Crippen LogP contribution in [0.25, 0.3) is 10.9 Å². The van der Waals surface area contributed by atoms with Crippen LogP contribution in [-0.2, 0) is 4.74 Å². The van der Waals surface area contributed by atoms with Crippen molar-refractivity contribution < 1.29 is 32.4 Å². The van der Waals surface area contributed by atoms with Crippen LogP contribution in [0.3, 0.4) is 0 Å². The quantitative estimate of drug-likeness (QED) is 0.445. The standard InChI is InChI=1S/C16H13F3N2O6/c1-3-27-16(23)6-5-20(8-4-7(8)17)13-9(14(6)22)12(21(24)25)10(18)11(19)15(13)26-2/h5,7-8H,3-4H2,1-2H3/t7-,8-/m1/s1. The molecule has 1 saturated carbocycles. The summed E-state index contributed by atoms with van der Waals surface area (Å²) < 4.78 is 52.8. The fourth-order valence-electron chi connectivity index (χ4n) is 2.91. The molecule has 1 fully saturated rings. The first-order chi connectivity index (χ1) is 12.7. The molecule has 1 aromatic heterocycles. The van der Waals surface area contributed by atoms with Crippen molar-refractivity contribution in [3.05, 3.63) is 43.7 Å². The number of aromatic nitrogens is 1. The number of fused-ring (bicyclic) bond motifs is 1. The summed E-state index contributed by atoms with van der Waals surface area (Å²) in [5.41, 5.74) is -3.84. The molecular weight excluding hydrogens is 373 g/mol. The van der Waals surface area contributed by atoms with E-state index in [1.165, 1.54) is 6.92 Å². The first-order valence-corrected chi connectivity index (χ1v) is 7.83. The molecule has 1 heterocycles. The van der Waals surface area contributed by atoms with Crippen molar-refractivity contribution >= 4 is 22.6 Å². The molecule has 27 heavy (non-hydrogen) atoms. The Balaban J connectivity index is 2.55. The van der Waals surface area contributed by atoms with Crippen molar-refractivity contribution in [2.75, 3.05) is 13.7 Å². The van der Waals surface area contributed by atoms with Gasteiger partial charge in [0, 0.05) is 12.6 Å². The van der Waals surface area contributed by atoms with E-state index >= 15 is 0 Å². The normalized spacial score (nSPS) is 18.4. The third-order valence-electron chi connectivity index (χ3n) is 4.21. The minimum absolute atomic E-state index is 0.0316. The SMILES string of the molecule is CCOC(=O)c1cn([C@@H]2C[C@H]2F)c2c(OC)c(F)c(F)c([N+](=O)[O-])c2c1=O. The number of hydrogen-bond acceptors (Lipinski definition) is 6. The summed E-state index contributed by atoms with van der Waals surface area (Å²) in [6.45, 7) is 1.37. The predicted octanol–water partition coefficient (Wildman–Crippen LogP) is 2.66. The van der Waals surface area contributed by atoms with E-state index in [0.717, 1.165) is 17.9 Å². The lowest BCUT2D eigenvalue weighted by molar-refractivity contribution is -0.386. The van der Waals surface area contributed by atoms with Crippen molar-refractivity contribution in [3.63, 3.8) is 0 Å². The molecule has 0 bridgehead atoms. The highest BCUT2D eigenvalue weighted by Crippen LogP contribution is 2.45. The van der Waals surface area contributed by atoms with E-state index in [4.69, 9.17) is 9.47 Å². The molecule has 2 atom stereocenters. The number of halogens is 3. The van der Waals surface area contributed by atoms with E-state index < -0.39 is 68.1 Å². The second-order valence-electron chi connectivity index (χ2n) is 5.81. The molecule has 0 amide bonds. The lowest BCUT2D eigenvalue weighted by Crippen LogP contribution is -2.23. The van der Waals surface area contributed by atoms with Gasteiger partial charge in [-0.05, 0) is 6.92 Å². The Morgan fingerprint density at radius 3 is 2.52 bits per heavy atom. The smallest absolute Gasteiger partial charge is 0.343 e. The number of methoxy groups -OCH3 is 1. The average molecular weight is 386 g/mol.